The molecule has 1 aromatic heterocycles. The van der Waals surface area contributed by atoms with Crippen molar-refractivity contribution in [3.8, 4) is 17.2 Å². The molecule has 0 aliphatic rings. The molecule has 9 heteroatoms. The molecule has 3 aromatic rings. The van der Waals surface area contributed by atoms with Crippen molar-refractivity contribution in [3.05, 3.63) is 63.8 Å². The molecule has 2 aromatic carbocycles. The zero-order valence-corrected chi connectivity index (χ0v) is 17.9. The quantitative estimate of drug-likeness (QED) is 0.333. The van der Waals surface area contributed by atoms with Crippen LogP contribution in [-0.4, -0.2) is 32.6 Å². The number of fused-ring (bicyclic) bond motifs is 1. The number of rotatable bonds is 9. The number of hydrogen-bond acceptors (Lipinski definition) is 7. The van der Waals surface area contributed by atoms with Gasteiger partial charge in [0, 0.05) is 24.2 Å². The second kappa shape index (κ2) is 9.95. The molecule has 0 spiro atoms. The van der Waals surface area contributed by atoms with E-state index in [1.54, 1.807) is 19.1 Å². The van der Waals surface area contributed by atoms with E-state index in [1.165, 1.54) is 30.5 Å². The molecular formula is C23H25N3O6. The number of benzene rings is 2. The van der Waals surface area contributed by atoms with Crippen LogP contribution >= 0.6 is 0 Å². The first kappa shape index (κ1) is 22.8. The van der Waals surface area contributed by atoms with Gasteiger partial charge in [0.2, 0.25) is 5.91 Å². The van der Waals surface area contributed by atoms with Gasteiger partial charge < -0.3 is 20.3 Å². The third-order valence-corrected chi connectivity index (χ3v) is 5.06. The molecule has 1 atom stereocenters. The average molecular weight is 439 g/mol. The molecule has 0 aliphatic carbocycles. The first-order chi connectivity index (χ1) is 15.4. The number of phenols is 2. The number of non-ortho nitro benzene ring substituents is 1. The van der Waals surface area contributed by atoms with Crippen LogP contribution < -0.4 is 10.1 Å². The molecule has 0 fully saturated rings. The van der Waals surface area contributed by atoms with Gasteiger partial charge in [-0.3, -0.25) is 19.9 Å². The van der Waals surface area contributed by atoms with Gasteiger partial charge in [-0.05, 0) is 43.2 Å². The number of unbranched alkanes of at least 4 members (excludes halogenated alkanes) is 1. The van der Waals surface area contributed by atoms with Crippen LogP contribution in [0.3, 0.4) is 0 Å². The minimum absolute atomic E-state index is 0.0633. The van der Waals surface area contributed by atoms with Crippen molar-refractivity contribution in [1.29, 1.82) is 0 Å². The van der Waals surface area contributed by atoms with Gasteiger partial charge in [-0.1, -0.05) is 19.4 Å². The molecule has 0 saturated carbocycles. The highest BCUT2D eigenvalue weighted by atomic mass is 16.6. The summed E-state index contributed by atoms with van der Waals surface area (Å²) >= 11 is 0. The second-order valence-corrected chi connectivity index (χ2v) is 7.25. The maximum absolute atomic E-state index is 12.6. The van der Waals surface area contributed by atoms with E-state index in [9.17, 15) is 25.1 Å². The van der Waals surface area contributed by atoms with Gasteiger partial charge in [-0.25, -0.2) is 0 Å². The molecule has 9 nitrogen and oxygen atoms in total. The number of nitro groups is 1. The standard InChI is InChI=1S/C23H25N3O6/c1-3-5-8-20(28)25-21(14-9-10-18(27)19(12-14)32-4-2)16-13-17(26(30)31)15-7-6-11-24-22(15)23(16)29/h6-7,9-13,21,27,29H,3-5,8H2,1-2H3,(H,25,28)/t21-/m1/s1. The number of aromatic hydroxyl groups is 2. The normalized spacial score (nSPS) is 11.8. The second-order valence-electron chi connectivity index (χ2n) is 7.25. The van der Waals surface area contributed by atoms with Crippen LogP contribution in [0, 0.1) is 10.1 Å². The Balaban J connectivity index is 2.21. The summed E-state index contributed by atoms with van der Waals surface area (Å²) in [6.45, 7) is 4.03. The minimum Gasteiger partial charge on any atom is -0.505 e. The topological polar surface area (TPSA) is 135 Å². The first-order valence-electron chi connectivity index (χ1n) is 10.4. The Morgan fingerprint density at radius 2 is 2.03 bits per heavy atom. The van der Waals surface area contributed by atoms with Gasteiger partial charge in [0.1, 0.15) is 11.3 Å². The van der Waals surface area contributed by atoms with Crippen LogP contribution in [0.25, 0.3) is 10.9 Å². The van der Waals surface area contributed by atoms with Crippen LogP contribution in [0.1, 0.15) is 50.3 Å². The summed E-state index contributed by atoms with van der Waals surface area (Å²) in [6.07, 6.45) is 3.18. The molecule has 0 radical (unpaired) electrons. The number of carbonyl (C=O) groups excluding carboxylic acids is 1. The molecule has 0 saturated heterocycles. The lowest BCUT2D eigenvalue weighted by Crippen LogP contribution is -2.29. The zero-order valence-electron chi connectivity index (χ0n) is 17.9. The number of nitro benzene ring substituents is 1. The zero-order chi connectivity index (χ0) is 23.3. The Kier molecular flexibility index (Phi) is 7.09. The predicted molar refractivity (Wildman–Crippen MR) is 119 cm³/mol. The summed E-state index contributed by atoms with van der Waals surface area (Å²) in [5.74, 6) is -0.420. The highest BCUT2D eigenvalue weighted by Gasteiger charge is 2.27. The Labute approximate surface area is 184 Å². The predicted octanol–water partition coefficient (Wildman–Crippen LogP) is 4.35. The smallest absolute Gasteiger partial charge is 0.279 e. The fourth-order valence-corrected chi connectivity index (χ4v) is 3.49. The van der Waals surface area contributed by atoms with Gasteiger partial charge in [0.15, 0.2) is 11.5 Å². The number of carbonyl (C=O) groups is 1. The minimum atomic E-state index is -0.927. The van der Waals surface area contributed by atoms with Crippen LogP contribution in [0.4, 0.5) is 5.69 Å². The van der Waals surface area contributed by atoms with Crippen molar-refractivity contribution in [2.45, 2.75) is 39.2 Å². The van der Waals surface area contributed by atoms with Gasteiger partial charge in [-0.15, -0.1) is 0 Å². The van der Waals surface area contributed by atoms with Gasteiger partial charge in [-0.2, -0.15) is 0 Å². The number of hydrogen-bond donors (Lipinski definition) is 3. The molecule has 0 unspecified atom stereocenters. The third-order valence-electron chi connectivity index (χ3n) is 5.06. The molecule has 168 valence electrons. The number of pyridine rings is 1. The van der Waals surface area contributed by atoms with E-state index in [-0.39, 0.29) is 51.7 Å². The Bertz CT molecular complexity index is 1150. The van der Waals surface area contributed by atoms with Crippen molar-refractivity contribution in [1.82, 2.24) is 10.3 Å². The highest BCUT2D eigenvalue weighted by molar-refractivity contribution is 5.94. The van der Waals surface area contributed by atoms with Crippen molar-refractivity contribution in [2.75, 3.05) is 6.61 Å². The molecular weight excluding hydrogens is 414 g/mol. The van der Waals surface area contributed by atoms with Crippen LogP contribution in [0.15, 0.2) is 42.6 Å². The monoisotopic (exact) mass is 439 g/mol. The van der Waals surface area contributed by atoms with Crippen LogP contribution in [0.5, 0.6) is 17.2 Å². The summed E-state index contributed by atoms with van der Waals surface area (Å²) in [7, 11) is 0. The number of nitrogens with one attached hydrogen (secondary N) is 1. The summed E-state index contributed by atoms with van der Waals surface area (Å²) in [6, 6.07) is 7.89. The number of aromatic nitrogens is 1. The first-order valence-corrected chi connectivity index (χ1v) is 10.4. The van der Waals surface area contributed by atoms with Crippen molar-refractivity contribution >= 4 is 22.5 Å². The van der Waals surface area contributed by atoms with Crippen LogP contribution in [0.2, 0.25) is 0 Å². The van der Waals surface area contributed by atoms with E-state index in [2.05, 4.69) is 10.3 Å². The summed E-state index contributed by atoms with van der Waals surface area (Å²) < 4.78 is 5.45. The van der Waals surface area contributed by atoms with Crippen LogP contribution in [-0.2, 0) is 4.79 Å². The molecule has 3 rings (SSSR count). The number of amides is 1. The van der Waals surface area contributed by atoms with E-state index < -0.39 is 11.0 Å². The molecule has 3 N–H and O–H groups in total. The Morgan fingerprint density at radius 1 is 1.25 bits per heavy atom. The van der Waals surface area contributed by atoms with Crippen molar-refractivity contribution in [2.24, 2.45) is 0 Å². The van der Waals surface area contributed by atoms with E-state index in [1.807, 2.05) is 6.92 Å². The molecule has 0 aliphatic heterocycles. The van der Waals surface area contributed by atoms with Gasteiger partial charge in [0.05, 0.1) is 23.0 Å². The van der Waals surface area contributed by atoms with Gasteiger partial charge in [0.25, 0.3) is 5.69 Å². The Hall–Kier alpha value is -3.88. The number of phenolic OH excluding ortho intramolecular Hbond substituents is 2. The summed E-state index contributed by atoms with van der Waals surface area (Å²) in [4.78, 5) is 27.9. The van der Waals surface area contributed by atoms with E-state index >= 15 is 0 Å². The number of nitrogens with zero attached hydrogens (tertiary/aromatic N) is 2. The molecule has 0 bridgehead atoms. The lowest BCUT2D eigenvalue weighted by atomic mass is 9.94. The lowest BCUT2D eigenvalue weighted by Gasteiger charge is -2.22. The van der Waals surface area contributed by atoms with E-state index in [0.717, 1.165) is 6.42 Å². The molecule has 1 amide bonds. The largest absolute Gasteiger partial charge is 0.505 e. The SMILES string of the molecule is CCCCC(=O)N[C@H](c1ccc(O)c(OCC)c1)c1cc([N+](=O)[O-])c2cccnc2c1O. The van der Waals surface area contributed by atoms with E-state index in [0.29, 0.717) is 18.6 Å². The van der Waals surface area contributed by atoms with Gasteiger partial charge >= 0.3 is 0 Å². The summed E-state index contributed by atoms with van der Waals surface area (Å²) in [5.41, 5.74) is 0.433. The van der Waals surface area contributed by atoms with E-state index in [4.69, 9.17) is 4.74 Å². The molecule has 32 heavy (non-hydrogen) atoms. The average Bonchev–Trinajstić information content (AvgIpc) is 2.78. The third kappa shape index (κ3) is 4.72. The number of ether oxygens (including phenoxy) is 1. The fourth-order valence-electron chi connectivity index (χ4n) is 3.49. The highest BCUT2D eigenvalue weighted by Crippen LogP contribution is 2.41. The lowest BCUT2D eigenvalue weighted by molar-refractivity contribution is -0.383. The molecule has 1 heterocycles. The van der Waals surface area contributed by atoms with Crippen molar-refractivity contribution in [3.63, 3.8) is 0 Å². The van der Waals surface area contributed by atoms with Crippen molar-refractivity contribution < 1.29 is 24.7 Å². The maximum Gasteiger partial charge on any atom is 0.279 e. The summed E-state index contributed by atoms with van der Waals surface area (Å²) in [5, 5.41) is 35.8. The fraction of sp³-hybridized carbons (Fsp3) is 0.304. The maximum atomic E-state index is 12.6. The Morgan fingerprint density at radius 3 is 2.72 bits per heavy atom.